The Morgan fingerprint density at radius 2 is 2.14 bits per heavy atom. The molecular weight excluding hydrogens is 280 g/mol. The maximum Gasteiger partial charge on any atom is 0.341 e. The normalized spacial score (nSPS) is 10.7. The van der Waals surface area contributed by atoms with Gasteiger partial charge < -0.3 is 4.74 Å². The molecule has 0 unspecified atom stereocenters. The Morgan fingerprint density at radius 3 is 2.76 bits per heavy atom. The lowest BCUT2D eigenvalue weighted by Gasteiger charge is -2.08. The number of ether oxygens (including phenoxy) is 1. The van der Waals surface area contributed by atoms with Gasteiger partial charge >= 0.3 is 5.97 Å². The first kappa shape index (κ1) is 15.0. The second-order valence-corrected chi connectivity index (χ2v) is 4.10. The topological polar surface area (TPSA) is 65.0 Å². The average molecular weight is 293 g/mol. The van der Waals surface area contributed by atoms with Crippen LogP contribution in [-0.2, 0) is 11.2 Å². The number of nitrogens with zero attached hydrogens (tertiary/aromatic N) is 3. The number of pyridine rings is 1. The quantitative estimate of drug-likeness (QED) is 0.793. The summed E-state index contributed by atoms with van der Waals surface area (Å²) in [6, 6.07) is 5.27. The van der Waals surface area contributed by atoms with Crippen molar-refractivity contribution in [2.24, 2.45) is 0 Å². The summed E-state index contributed by atoms with van der Waals surface area (Å²) < 4.78 is 30.8. The Labute approximate surface area is 120 Å². The number of rotatable bonds is 5. The lowest BCUT2D eigenvalue weighted by Crippen LogP contribution is -2.13. The van der Waals surface area contributed by atoms with Gasteiger partial charge in [0.05, 0.1) is 13.0 Å². The molecule has 2 aromatic heterocycles. The van der Waals surface area contributed by atoms with Gasteiger partial charge in [-0.2, -0.15) is 0 Å². The summed E-state index contributed by atoms with van der Waals surface area (Å²) in [7, 11) is 0. The van der Waals surface area contributed by atoms with Gasteiger partial charge in [-0.25, -0.2) is 23.5 Å². The van der Waals surface area contributed by atoms with Crippen molar-refractivity contribution >= 4 is 5.97 Å². The van der Waals surface area contributed by atoms with Crippen LogP contribution in [0.2, 0.25) is 0 Å². The van der Waals surface area contributed by atoms with E-state index in [0.29, 0.717) is 5.69 Å². The second-order valence-electron chi connectivity index (χ2n) is 4.10. The number of carbonyl (C=O) groups is 1. The molecule has 2 heterocycles. The minimum atomic E-state index is -2.88. The van der Waals surface area contributed by atoms with Crippen LogP contribution in [0.3, 0.4) is 0 Å². The van der Waals surface area contributed by atoms with Crippen LogP contribution in [0, 0.1) is 0 Å². The predicted octanol–water partition coefficient (Wildman–Crippen LogP) is 2.58. The molecule has 0 atom stereocenters. The fourth-order valence-electron chi connectivity index (χ4n) is 1.72. The van der Waals surface area contributed by atoms with E-state index in [9.17, 15) is 13.6 Å². The third-order valence-corrected chi connectivity index (χ3v) is 2.64. The summed E-state index contributed by atoms with van der Waals surface area (Å²) in [5.41, 5.74) is -0.271. The van der Waals surface area contributed by atoms with Gasteiger partial charge in [0.2, 0.25) is 0 Å². The smallest absolute Gasteiger partial charge is 0.341 e. The van der Waals surface area contributed by atoms with Gasteiger partial charge in [0, 0.05) is 18.1 Å². The van der Waals surface area contributed by atoms with Crippen molar-refractivity contribution in [1.82, 2.24) is 15.0 Å². The van der Waals surface area contributed by atoms with Gasteiger partial charge in [-0.05, 0) is 19.1 Å². The molecule has 5 nitrogen and oxygen atoms in total. The highest BCUT2D eigenvalue weighted by Gasteiger charge is 2.22. The molecule has 0 N–H and O–H groups in total. The van der Waals surface area contributed by atoms with Crippen molar-refractivity contribution in [1.29, 1.82) is 0 Å². The Hall–Kier alpha value is -2.44. The number of alkyl halides is 2. The fourth-order valence-corrected chi connectivity index (χ4v) is 1.72. The van der Waals surface area contributed by atoms with Crippen LogP contribution in [-0.4, -0.2) is 27.5 Å². The van der Waals surface area contributed by atoms with Gasteiger partial charge in [0.25, 0.3) is 6.43 Å². The fraction of sp³-hybridized carbons (Fsp3) is 0.286. The highest BCUT2D eigenvalue weighted by atomic mass is 19.3. The maximum absolute atomic E-state index is 13.0. The van der Waals surface area contributed by atoms with Crippen molar-refractivity contribution in [2.75, 3.05) is 6.61 Å². The molecule has 0 radical (unpaired) electrons. The molecular formula is C14H13F2N3O2. The minimum absolute atomic E-state index is 0.0944. The van der Waals surface area contributed by atoms with Crippen LogP contribution in [0.4, 0.5) is 8.78 Å². The van der Waals surface area contributed by atoms with Crippen LogP contribution in [0.5, 0.6) is 0 Å². The first-order valence-electron chi connectivity index (χ1n) is 6.32. The van der Waals surface area contributed by atoms with E-state index >= 15 is 0 Å². The molecule has 0 saturated heterocycles. The molecule has 0 amide bonds. The standard InChI is InChI=1S/C14H13F2N3O2/c1-2-21-14(20)10-8-18-11(19-12(10)13(15)16)7-9-5-3-4-6-17-9/h3-6,8,13H,2,7H2,1H3. The lowest BCUT2D eigenvalue weighted by atomic mass is 10.2. The molecule has 110 valence electrons. The highest BCUT2D eigenvalue weighted by Crippen LogP contribution is 2.21. The largest absolute Gasteiger partial charge is 0.462 e. The number of esters is 1. The van der Waals surface area contributed by atoms with Gasteiger partial charge in [0.15, 0.2) is 0 Å². The van der Waals surface area contributed by atoms with E-state index in [1.165, 1.54) is 0 Å². The van der Waals surface area contributed by atoms with Gasteiger partial charge in [0.1, 0.15) is 17.1 Å². The van der Waals surface area contributed by atoms with Crippen molar-refractivity contribution < 1.29 is 18.3 Å². The zero-order chi connectivity index (χ0) is 15.2. The molecule has 0 spiro atoms. The molecule has 2 aromatic rings. The van der Waals surface area contributed by atoms with E-state index in [-0.39, 0.29) is 24.4 Å². The first-order chi connectivity index (χ1) is 10.1. The van der Waals surface area contributed by atoms with Crippen LogP contribution in [0.25, 0.3) is 0 Å². The van der Waals surface area contributed by atoms with Gasteiger partial charge in [-0.1, -0.05) is 6.07 Å². The van der Waals surface area contributed by atoms with Crippen LogP contribution < -0.4 is 0 Å². The lowest BCUT2D eigenvalue weighted by molar-refractivity contribution is 0.0512. The Kier molecular flexibility index (Phi) is 4.86. The molecule has 2 rings (SSSR count). The average Bonchev–Trinajstić information content (AvgIpc) is 2.48. The van der Waals surface area contributed by atoms with Crippen LogP contribution in [0.15, 0.2) is 30.6 Å². The molecule has 0 aromatic carbocycles. The summed E-state index contributed by atoms with van der Waals surface area (Å²) in [5.74, 6) is -0.672. The number of carbonyl (C=O) groups excluding carboxylic acids is 1. The molecule has 0 fully saturated rings. The monoisotopic (exact) mass is 293 g/mol. The van der Waals surface area contributed by atoms with Crippen LogP contribution in [0.1, 0.15) is 40.9 Å². The number of hydrogen-bond donors (Lipinski definition) is 0. The summed E-state index contributed by atoms with van der Waals surface area (Å²) in [6.45, 7) is 1.69. The molecule has 0 aliphatic heterocycles. The molecule has 0 aliphatic rings. The molecule has 0 saturated carbocycles. The zero-order valence-corrected chi connectivity index (χ0v) is 11.3. The van der Waals surface area contributed by atoms with Crippen molar-refractivity contribution in [2.45, 2.75) is 19.8 Å². The Balaban J connectivity index is 2.30. The summed E-state index contributed by atoms with van der Waals surface area (Å²) in [6.07, 6.45) is -0.00000457. The van der Waals surface area contributed by atoms with E-state index in [4.69, 9.17) is 4.74 Å². The molecule has 21 heavy (non-hydrogen) atoms. The zero-order valence-electron chi connectivity index (χ0n) is 11.3. The molecule has 7 heteroatoms. The van der Waals surface area contributed by atoms with Crippen molar-refractivity contribution in [3.05, 3.63) is 53.4 Å². The highest BCUT2D eigenvalue weighted by molar-refractivity contribution is 5.90. The molecule has 0 aliphatic carbocycles. The van der Waals surface area contributed by atoms with E-state index in [1.807, 2.05) is 0 Å². The Morgan fingerprint density at radius 1 is 1.33 bits per heavy atom. The van der Waals surface area contributed by atoms with Gasteiger partial charge in [-0.15, -0.1) is 0 Å². The van der Waals surface area contributed by atoms with E-state index in [2.05, 4.69) is 15.0 Å². The van der Waals surface area contributed by atoms with E-state index in [0.717, 1.165) is 6.20 Å². The minimum Gasteiger partial charge on any atom is -0.462 e. The predicted molar refractivity (Wildman–Crippen MR) is 70.0 cm³/mol. The number of halogens is 2. The Bertz CT molecular complexity index is 621. The second kappa shape index (κ2) is 6.83. The third-order valence-electron chi connectivity index (χ3n) is 2.64. The third kappa shape index (κ3) is 3.77. The van der Waals surface area contributed by atoms with E-state index in [1.54, 1.807) is 31.3 Å². The van der Waals surface area contributed by atoms with Gasteiger partial charge in [-0.3, -0.25) is 4.98 Å². The van der Waals surface area contributed by atoms with Crippen LogP contribution >= 0.6 is 0 Å². The van der Waals surface area contributed by atoms with Crippen molar-refractivity contribution in [3.63, 3.8) is 0 Å². The van der Waals surface area contributed by atoms with Crippen molar-refractivity contribution in [3.8, 4) is 0 Å². The summed E-state index contributed by atoms with van der Waals surface area (Å²) in [5, 5.41) is 0. The summed E-state index contributed by atoms with van der Waals surface area (Å²) in [4.78, 5) is 23.4. The maximum atomic E-state index is 13.0. The number of hydrogen-bond acceptors (Lipinski definition) is 5. The molecule has 0 bridgehead atoms. The first-order valence-corrected chi connectivity index (χ1v) is 6.32. The SMILES string of the molecule is CCOC(=O)c1cnc(Cc2ccccn2)nc1C(F)F. The number of aromatic nitrogens is 3. The van der Waals surface area contributed by atoms with E-state index < -0.39 is 18.1 Å². The summed E-state index contributed by atoms with van der Waals surface area (Å²) >= 11 is 0.